The number of hydrogen-bond donors (Lipinski definition) is 0. The first-order valence-corrected chi connectivity index (χ1v) is 13.1. The molecule has 0 unspecified atom stereocenters. The Kier molecular flexibility index (Phi) is 26.3. The molecule has 214 valence electrons. The highest BCUT2D eigenvalue weighted by molar-refractivity contribution is 5.80. The quantitative estimate of drug-likeness (QED) is 0.136. The van der Waals surface area contributed by atoms with Crippen LogP contribution in [0.1, 0.15) is 40.5 Å². The van der Waals surface area contributed by atoms with Crippen LogP contribution >= 0.6 is 0 Å². The maximum atomic E-state index is 11.4. The van der Waals surface area contributed by atoms with Crippen molar-refractivity contribution in [3.05, 3.63) is 0 Å². The Hall–Kier alpha value is -0.980. The lowest BCUT2D eigenvalue weighted by Crippen LogP contribution is -2.15. The van der Waals surface area contributed by atoms with Gasteiger partial charge in [-0.3, -0.25) is 9.59 Å². The van der Waals surface area contributed by atoms with Crippen molar-refractivity contribution < 1.29 is 47.5 Å². The highest BCUT2D eigenvalue weighted by Gasteiger charge is 2.07. The molecule has 0 heterocycles. The van der Waals surface area contributed by atoms with E-state index in [-0.39, 0.29) is 23.4 Å². The predicted molar refractivity (Wildman–Crippen MR) is 135 cm³/mol. The topological polar surface area (TPSA) is 108 Å². The highest BCUT2D eigenvalue weighted by Crippen LogP contribution is 1.99. The molecule has 0 spiro atoms. The molecule has 0 saturated carbocycles. The molecule has 36 heavy (non-hydrogen) atoms. The van der Waals surface area contributed by atoms with Gasteiger partial charge in [0.05, 0.1) is 106 Å². The van der Waals surface area contributed by atoms with Crippen molar-refractivity contribution in [2.75, 3.05) is 106 Å². The Labute approximate surface area is 217 Å². The molecule has 0 bridgehead atoms. The lowest BCUT2D eigenvalue weighted by Gasteiger charge is -2.09. The summed E-state index contributed by atoms with van der Waals surface area (Å²) in [5, 5.41) is 0. The summed E-state index contributed by atoms with van der Waals surface area (Å²) in [7, 11) is 0. The zero-order valence-electron chi connectivity index (χ0n) is 23.0. The molecule has 0 N–H and O–H groups in total. The number of Topliss-reactive ketones (excluding diaryl/α,β-unsaturated/α-hetero) is 2. The SMILES string of the molecule is CC(C)C(=O)CCOCCOCCOCCOCCOCCOCCOCCOCCC(=O)C(C)C. The number of carbonyl (C=O) groups is 2. The van der Waals surface area contributed by atoms with Gasteiger partial charge in [-0.2, -0.15) is 0 Å². The second kappa shape index (κ2) is 27.1. The molecule has 0 aromatic rings. The van der Waals surface area contributed by atoms with Crippen LogP contribution in [0, 0.1) is 11.8 Å². The largest absolute Gasteiger partial charge is 0.379 e. The van der Waals surface area contributed by atoms with E-state index in [4.69, 9.17) is 37.9 Å². The van der Waals surface area contributed by atoms with E-state index in [1.54, 1.807) is 0 Å². The van der Waals surface area contributed by atoms with E-state index in [2.05, 4.69) is 0 Å². The normalized spacial score (nSPS) is 11.6. The van der Waals surface area contributed by atoms with Crippen LogP contribution < -0.4 is 0 Å². The summed E-state index contributed by atoms with van der Waals surface area (Å²) < 4.78 is 43.3. The number of carbonyl (C=O) groups excluding carboxylic acids is 2. The van der Waals surface area contributed by atoms with Crippen molar-refractivity contribution in [2.45, 2.75) is 40.5 Å². The summed E-state index contributed by atoms with van der Waals surface area (Å²) in [6, 6.07) is 0. The first-order valence-electron chi connectivity index (χ1n) is 13.1. The minimum Gasteiger partial charge on any atom is -0.379 e. The van der Waals surface area contributed by atoms with Gasteiger partial charge in [0.1, 0.15) is 11.6 Å². The first kappa shape index (κ1) is 35.0. The fourth-order valence-electron chi connectivity index (χ4n) is 2.56. The Morgan fingerprint density at radius 3 is 0.694 bits per heavy atom. The zero-order valence-corrected chi connectivity index (χ0v) is 23.0. The highest BCUT2D eigenvalue weighted by atomic mass is 16.6. The summed E-state index contributed by atoms with van der Waals surface area (Å²) in [4.78, 5) is 22.9. The van der Waals surface area contributed by atoms with Crippen LogP contribution in [0.25, 0.3) is 0 Å². The third-order valence-electron chi connectivity index (χ3n) is 4.88. The van der Waals surface area contributed by atoms with Crippen molar-refractivity contribution in [3.8, 4) is 0 Å². The van der Waals surface area contributed by atoms with Crippen LogP contribution in [0.3, 0.4) is 0 Å². The standard InChI is InChI=1S/C26H50O10/c1-23(2)25(27)5-7-29-9-11-31-13-15-33-17-19-35-21-22-36-20-18-34-16-14-32-12-10-30-8-6-26(28)24(3)4/h23-24H,5-22H2,1-4H3. The number of ketones is 2. The molecule has 0 amide bonds. The van der Waals surface area contributed by atoms with Crippen molar-refractivity contribution in [2.24, 2.45) is 11.8 Å². The molecule has 0 aromatic heterocycles. The first-order chi connectivity index (χ1) is 17.4. The Bertz CT molecular complexity index is 455. The van der Waals surface area contributed by atoms with E-state index in [9.17, 15) is 9.59 Å². The second-order valence-electron chi connectivity index (χ2n) is 8.64. The molecule has 0 rings (SSSR count). The number of hydrogen-bond acceptors (Lipinski definition) is 10. The van der Waals surface area contributed by atoms with E-state index in [0.29, 0.717) is 119 Å². The predicted octanol–water partition coefficient (Wildman–Crippen LogP) is 2.35. The fraction of sp³-hybridized carbons (Fsp3) is 0.923. The Balaban J connectivity index is 3.10. The van der Waals surface area contributed by atoms with Crippen LogP contribution in [0.15, 0.2) is 0 Å². The van der Waals surface area contributed by atoms with Gasteiger partial charge in [-0.05, 0) is 0 Å². The van der Waals surface area contributed by atoms with E-state index >= 15 is 0 Å². The molecular weight excluding hydrogens is 472 g/mol. The molecule has 0 atom stereocenters. The van der Waals surface area contributed by atoms with E-state index < -0.39 is 0 Å². The Morgan fingerprint density at radius 2 is 0.528 bits per heavy atom. The van der Waals surface area contributed by atoms with Crippen LogP contribution in [0.5, 0.6) is 0 Å². The van der Waals surface area contributed by atoms with Gasteiger partial charge in [0.25, 0.3) is 0 Å². The summed E-state index contributed by atoms with van der Waals surface area (Å²) >= 11 is 0. The maximum absolute atomic E-state index is 11.4. The minimum absolute atomic E-state index is 0.0623. The maximum Gasteiger partial charge on any atom is 0.137 e. The van der Waals surface area contributed by atoms with Gasteiger partial charge in [-0.15, -0.1) is 0 Å². The molecule has 0 aliphatic rings. The third kappa shape index (κ3) is 26.1. The van der Waals surface area contributed by atoms with Gasteiger partial charge in [0.2, 0.25) is 0 Å². The van der Waals surface area contributed by atoms with Gasteiger partial charge in [-0.1, -0.05) is 27.7 Å². The van der Waals surface area contributed by atoms with Crippen LogP contribution in [-0.4, -0.2) is 117 Å². The third-order valence-corrected chi connectivity index (χ3v) is 4.88. The monoisotopic (exact) mass is 522 g/mol. The average Bonchev–Trinajstić information content (AvgIpc) is 2.85. The molecule has 10 heteroatoms. The van der Waals surface area contributed by atoms with Crippen molar-refractivity contribution in [1.29, 1.82) is 0 Å². The zero-order chi connectivity index (χ0) is 26.7. The van der Waals surface area contributed by atoms with Crippen LogP contribution in [0.2, 0.25) is 0 Å². The van der Waals surface area contributed by atoms with Crippen LogP contribution in [0.4, 0.5) is 0 Å². The minimum atomic E-state index is 0.0623. The van der Waals surface area contributed by atoms with Gasteiger partial charge in [-0.25, -0.2) is 0 Å². The number of rotatable bonds is 29. The molecule has 0 radical (unpaired) electrons. The van der Waals surface area contributed by atoms with Crippen molar-refractivity contribution in [3.63, 3.8) is 0 Å². The lowest BCUT2D eigenvalue weighted by molar-refractivity contribution is -0.123. The smallest absolute Gasteiger partial charge is 0.137 e. The molecule has 0 aliphatic carbocycles. The summed E-state index contributed by atoms with van der Waals surface area (Å²) in [5.41, 5.74) is 0. The van der Waals surface area contributed by atoms with Gasteiger partial charge in [0, 0.05) is 24.7 Å². The fourth-order valence-corrected chi connectivity index (χ4v) is 2.56. The van der Waals surface area contributed by atoms with Gasteiger partial charge >= 0.3 is 0 Å². The Morgan fingerprint density at radius 1 is 0.361 bits per heavy atom. The van der Waals surface area contributed by atoms with E-state index in [1.807, 2.05) is 27.7 Å². The molecular formula is C26H50O10. The molecule has 10 nitrogen and oxygen atoms in total. The molecule has 0 aliphatic heterocycles. The van der Waals surface area contributed by atoms with E-state index in [1.165, 1.54) is 0 Å². The lowest BCUT2D eigenvalue weighted by atomic mass is 10.1. The molecule has 0 fully saturated rings. The molecule has 0 saturated heterocycles. The van der Waals surface area contributed by atoms with Gasteiger partial charge < -0.3 is 37.9 Å². The summed E-state index contributed by atoms with van der Waals surface area (Å²) in [6.07, 6.45) is 0.911. The number of ether oxygens (including phenoxy) is 8. The van der Waals surface area contributed by atoms with Crippen molar-refractivity contribution in [1.82, 2.24) is 0 Å². The van der Waals surface area contributed by atoms with Gasteiger partial charge in [0.15, 0.2) is 0 Å². The van der Waals surface area contributed by atoms with E-state index in [0.717, 1.165) is 0 Å². The molecule has 0 aromatic carbocycles. The second-order valence-corrected chi connectivity index (χ2v) is 8.64. The van der Waals surface area contributed by atoms with Crippen molar-refractivity contribution >= 4 is 11.6 Å². The summed E-state index contributed by atoms with van der Waals surface area (Å²) in [6.45, 7) is 15.4. The summed E-state index contributed by atoms with van der Waals surface area (Å²) in [5.74, 6) is 0.563. The average molecular weight is 523 g/mol. The van der Waals surface area contributed by atoms with Crippen LogP contribution in [-0.2, 0) is 47.5 Å².